The molecule has 0 spiro atoms. The van der Waals surface area contributed by atoms with Gasteiger partial charge in [-0.15, -0.1) is 0 Å². The van der Waals surface area contributed by atoms with Crippen LogP contribution in [0.25, 0.3) is 0 Å². The second kappa shape index (κ2) is 14.1. The Morgan fingerprint density at radius 2 is 1.45 bits per heavy atom. The van der Waals surface area contributed by atoms with Crippen LogP contribution >= 0.6 is 0 Å². The topological polar surface area (TPSA) is 76.7 Å². The van der Waals surface area contributed by atoms with Gasteiger partial charge in [0, 0.05) is 17.5 Å². The van der Waals surface area contributed by atoms with Crippen molar-refractivity contribution < 1.29 is 19.1 Å². The number of esters is 1. The average Bonchev–Trinajstić information content (AvgIpc) is 2.66. The summed E-state index contributed by atoms with van der Waals surface area (Å²) in [7, 11) is 0. The predicted octanol–water partition coefficient (Wildman–Crippen LogP) is 3.97. The van der Waals surface area contributed by atoms with Crippen molar-refractivity contribution in [3.05, 3.63) is 0 Å². The fourth-order valence-electron chi connectivity index (χ4n) is 1.94. The molecule has 0 amide bonds. The number of ketones is 1. The van der Waals surface area contributed by atoms with Crippen molar-refractivity contribution >= 4 is 11.8 Å². The van der Waals surface area contributed by atoms with E-state index in [1.807, 2.05) is 34.6 Å². The minimum atomic E-state index is -0.914. The van der Waals surface area contributed by atoms with Gasteiger partial charge in [-0.1, -0.05) is 48.5 Å². The molecule has 0 fully saturated rings. The summed E-state index contributed by atoms with van der Waals surface area (Å²) in [4.78, 5) is 24.4. The Kier molecular flexibility index (Phi) is 14.7. The molecule has 0 aliphatic rings. The number of rotatable bonds is 14. The van der Waals surface area contributed by atoms with E-state index in [0.29, 0.717) is 19.1 Å². The molecule has 0 rings (SSSR count). The summed E-state index contributed by atoms with van der Waals surface area (Å²) >= 11 is 0. The zero-order chi connectivity index (χ0) is 23.3. The van der Waals surface area contributed by atoms with Gasteiger partial charge < -0.3 is 14.8 Å². The van der Waals surface area contributed by atoms with Gasteiger partial charge in [-0.05, 0) is 40.0 Å². The van der Waals surface area contributed by atoms with Gasteiger partial charge in [0.05, 0.1) is 19.8 Å². The van der Waals surface area contributed by atoms with Crippen LogP contribution in [0.3, 0.4) is 0 Å². The summed E-state index contributed by atoms with van der Waals surface area (Å²) in [6.45, 7) is 24.0. The van der Waals surface area contributed by atoms with Crippen molar-refractivity contribution in [3.8, 4) is 0 Å². The number of hydrogen-bond acceptors (Lipinski definition) is 6. The molecule has 0 saturated carbocycles. The van der Waals surface area contributed by atoms with Gasteiger partial charge in [0.25, 0.3) is 0 Å². The van der Waals surface area contributed by atoms with Crippen LogP contribution in [0.1, 0.15) is 82.6 Å². The Bertz CT molecular complexity index is 471. The van der Waals surface area contributed by atoms with Crippen LogP contribution < -0.4 is 10.6 Å². The SMILES string of the molecule is CC.CCC(C)(C)C(=O)CNC(C)(C)C(=O)OCCOCCNC(C)(C)C(C)C. The molecule has 174 valence electrons. The summed E-state index contributed by atoms with van der Waals surface area (Å²) in [5, 5.41) is 6.46. The van der Waals surface area contributed by atoms with E-state index in [1.165, 1.54) is 0 Å². The zero-order valence-corrected chi connectivity index (χ0v) is 21.0. The van der Waals surface area contributed by atoms with Crippen molar-refractivity contribution in [2.45, 2.75) is 93.7 Å². The highest BCUT2D eigenvalue weighted by Gasteiger charge is 2.32. The van der Waals surface area contributed by atoms with Crippen molar-refractivity contribution in [1.29, 1.82) is 0 Å². The monoisotopic (exact) mass is 416 g/mol. The van der Waals surface area contributed by atoms with E-state index in [4.69, 9.17) is 9.47 Å². The van der Waals surface area contributed by atoms with E-state index in [0.717, 1.165) is 13.0 Å². The Morgan fingerprint density at radius 3 is 1.93 bits per heavy atom. The number of carbonyl (C=O) groups is 2. The lowest BCUT2D eigenvalue weighted by molar-refractivity contribution is -0.152. The molecular formula is C23H48N2O4. The first kappa shape index (κ1) is 30.2. The first-order chi connectivity index (χ1) is 13.3. The molecule has 0 aromatic carbocycles. The van der Waals surface area contributed by atoms with Crippen molar-refractivity contribution in [1.82, 2.24) is 10.6 Å². The molecule has 0 unspecified atom stereocenters. The average molecular weight is 417 g/mol. The molecule has 0 bridgehead atoms. The number of Topliss-reactive ketones (excluding diaryl/α,β-unsaturated/α-hetero) is 1. The molecule has 0 radical (unpaired) electrons. The molecule has 0 heterocycles. The first-order valence-corrected chi connectivity index (χ1v) is 11.0. The second-order valence-electron chi connectivity index (χ2n) is 9.19. The van der Waals surface area contributed by atoms with Crippen molar-refractivity contribution in [2.24, 2.45) is 11.3 Å². The molecule has 0 aromatic heterocycles. The molecular weight excluding hydrogens is 368 g/mol. The van der Waals surface area contributed by atoms with Crippen LogP contribution in [0.15, 0.2) is 0 Å². The molecule has 29 heavy (non-hydrogen) atoms. The predicted molar refractivity (Wildman–Crippen MR) is 121 cm³/mol. The maximum Gasteiger partial charge on any atom is 0.325 e. The third-order valence-electron chi connectivity index (χ3n) is 5.57. The Balaban J connectivity index is 0. The third-order valence-corrected chi connectivity index (χ3v) is 5.57. The highest BCUT2D eigenvalue weighted by Crippen LogP contribution is 2.21. The van der Waals surface area contributed by atoms with Gasteiger partial charge in [0.2, 0.25) is 0 Å². The van der Waals surface area contributed by atoms with Crippen molar-refractivity contribution in [3.63, 3.8) is 0 Å². The van der Waals surface area contributed by atoms with E-state index >= 15 is 0 Å². The van der Waals surface area contributed by atoms with Crippen LogP contribution in [0.2, 0.25) is 0 Å². The van der Waals surface area contributed by atoms with Gasteiger partial charge in [-0.2, -0.15) is 0 Å². The highest BCUT2D eigenvalue weighted by molar-refractivity contribution is 5.87. The van der Waals surface area contributed by atoms with Crippen molar-refractivity contribution in [2.75, 3.05) is 32.9 Å². The van der Waals surface area contributed by atoms with E-state index < -0.39 is 5.54 Å². The lowest BCUT2D eigenvalue weighted by Crippen LogP contribution is -2.51. The fraction of sp³-hybridized carbons (Fsp3) is 0.913. The quantitative estimate of drug-likeness (QED) is 0.330. The molecule has 6 heteroatoms. The molecule has 2 N–H and O–H groups in total. The van der Waals surface area contributed by atoms with Gasteiger partial charge >= 0.3 is 5.97 Å². The Labute approximate surface area is 179 Å². The third kappa shape index (κ3) is 12.3. The standard InChI is InChI=1S/C21H42N2O4.C2H6/c1-10-19(4,5)17(24)15-23-21(8,9)18(25)27-14-13-26-12-11-22-20(6,7)16(2)3;1-2/h16,22-23H,10-15H2,1-9H3;1-2H3. The van der Waals surface area contributed by atoms with Crippen LogP contribution in [0, 0.1) is 11.3 Å². The minimum absolute atomic E-state index is 0.0648. The number of hydrogen-bond donors (Lipinski definition) is 2. The van der Waals surface area contributed by atoms with Gasteiger partial charge in [-0.25, -0.2) is 0 Å². The van der Waals surface area contributed by atoms with E-state index in [-0.39, 0.29) is 35.9 Å². The maximum absolute atomic E-state index is 12.2. The number of ether oxygens (including phenoxy) is 2. The lowest BCUT2D eigenvalue weighted by Gasteiger charge is -2.30. The second-order valence-corrected chi connectivity index (χ2v) is 9.19. The van der Waals surface area contributed by atoms with Crippen LogP contribution in [0.4, 0.5) is 0 Å². The molecule has 0 aromatic rings. The molecule has 0 atom stereocenters. The van der Waals surface area contributed by atoms with E-state index in [2.05, 4.69) is 38.3 Å². The van der Waals surface area contributed by atoms with E-state index in [1.54, 1.807) is 13.8 Å². The summed E-state index contributed by atoms with van der Waals surface area (Å²) in [6.07, 6.45) is 0.763. The molecule has 0 saturated heterocycles. The number of carbonyl (C=O) groups excluding carboxylic acids is 2. The summed E-state index contributed by atoms with van der Waals surface area (Å²) < 4.78 is 10.8. The van der Waals surface area contributed by atoms with Gasteiger partial charge in [0.15, 0.2) is 5.78 Å². The van der Waals surface area contributed by atoms with Crippen LogP contribution in [-0.2, 0) is 19.1 Å². The first-order valence-electron chi connectivity index (χ1n) is 11.0. The molecule has 0 aliphatic heterocycles. The lowest BCUT2D eigenvalue weighted by atomic mass is 9.85. The summed E-state index contributed by atoms with van der Waals surface area (Å²) in [5.41, 5.74) is -1.24. The Hall–Kier alpha value is -0.980. The maximum atomic E-state index is 12.2. The molecule has 0 aliphatic carbocycles. The normalized spacial score (nSPS) is 12.4. The highest BCUT2D eigenvalue weighted by atomic mass is 16.6. The largest absolute Gasteiger partial charge is 0.462 e. The van der Waals surface area contributed by atoms with Gasteiger partial charge in [-0.3, -0.25) is 14.9 Å². The molecule has 6 nitrogen and oxygen atoms in total. The number of nitrogens with one attached hydrogen (secondary N) is 2. The van der Waals surface area contributed by atoms with Crippen LogP contribution in [0.5, 0.6) is 0 Å². The minimum Gasteiger partial charge on any atom is -0.462 e. The zero-order valence-electron chi connectivity index (χ0n) is 21.0. The fourth-order valence-corrected chi connectivity index (χ4v) is 1.94. The van der Waals surface area contributed by atoms with E-state index in [9.17, 15) is 9.59 Å². The van der Waals surface area contributed by atoms with Crippen LogP contribution in [-0.4, -0.2) is 55.7 Å². The smallest absolute Gasteiger partial charge is 0.325 e. The summed E-state index contributed by atoms with van der Waals surface area (Å²) in [5.74, 6) is 0.237. The Morgan fingerprint density at radius 1 is 0.897 bits per heavy atom. The van der Waals surface area contributed by atoms with Gasteiger partial charge in [0.1, 0.15) is 12.1 Å². The summed E-state index contributed by atoms with van der Waals surface area (Å²) in [6, 6.07) is 0.